The first kappa shape index (κ1) is 15.9. The van der Waals surface area contributed by atoms with E-state index in [1.165, 1.54) is 22.0 Å². The average Bonchev–Trinajstić information content (AvgIpc) is 2.94. The molecule has 2 rings (SSSR count). The molecule has 0 fully saturated rings. The van der Waals surface area contributed by atoms with Crippen LogP contribution in [0.2, 0.25) is 0 Å². The standard InChI is InChI=1S/C16H23N3OS/c1-6-17-15(16-14(10(2)3)18-19-21-16)12-9-11(4)7-8-13(12)20-5/h7-10,15,17H,6H2,1-5H3. The zero-order valence-corrected chi connectivity index (χ0v) is 14.1. The first-order chi connectivity index (χ1) is 10.1. The number of methoxy groups -OCH3 is 1. The van der Waals surface area contributed by atoms with E-state index in [1.54, 1.807) is 7.11 Å². The Kier molecular flexibility index (Phi) is 5.31. The normalized spacial score (nSPS) is 12.7. The predicted molar refractivity (Wildman–Crippen MR) is 87.2 cm³/mol. The van der Waals surface area contributed by atoms with E-state index in [2.05, 4.69) is 54.7 Å². The van der Waals surface area contributed by atoms with Crippen LogP contribution in [0.15, 0.2) is 18.2 Å². The maximum atomic E-state index is 5.55. The van der Waals surface area contributed by atoms with Gasteiger partial charge in [0.2, 0.25) is 0 Å². The van der Waals surface area contributed by atoms with Crippen LogP contribution in [0.3, 0.4) is 0 Å². The van der Waals surface area contributed by atoms with E-state index in [-0.39, 0.29) is 6.04 Å². The fraction of sp³-hybridized carbons (Fsp3) is 0.500. The van der Waals surface area contributed by atoms with Crippen molar-refractivity contribution < 1.29 is 4.74 Å². The average molecular weight is 305 g/mol. The van der Waals surface area contributed by atoms with Crippen molar-refractivity contribution in [1.82, 2.24) is 14.9 Å². The van der Waals surface area contributed by atoms with Gasteiger partial charge in [0, 0.05) is 5.56 Å². The number of ether oxygens (including phenoxy) is 1. The van der Waals surface area contributed by atoms with E-state index >= 15 is 0 Å². The lowest BCUT2D eigenvalue weighted by atomic mass is 9.98. The van der Waals surface area contributed by atoms with Crippen LogP contribution in [0.25, 0.3) is 0 Å². The Bertz CT molecular complexity index is 595. The predicted octanol–water partition coefficient (Wildman–Crippen LogP) is 3.68. The zero-order valence-electron chi connectivity index (χ0n) is 13.3. The van der Waals surface area contributed by atoms with Gasteiger partial charge in [-0.3, -0.25) is 0 Å². The molecule has 0 radical (unpaired) electrons. The molecule has 0 aliphatic heterocycles. The lowest BCUT2D eigenvalue weighted by Gasteiger charge is -2.21. The second kappa shape index (κ2) is 7.00. The summed E-state index contributed by atoms with van der Waals surface area (Å²) in [5, 5.41) is 7.86. The molecular weight excluding hydrogens is 282 g/mol. The second-order valence-electron chi connectivity index (χ2n) is 5.41. The molecule has 0 aliphatic rings. The summed E-state index contributed by atoms with van der Waals surface area (Å²) in [4.78, 5) is 1.18. The third-order valence-electron chi connectivity index (χ3n) is 3.45. The zero-order chi connectivity index (χ0) is 15.4. The third-order valence-corrected chi connectivity index (χ3v) is 4.26. The van der Waals surface area contributed by atoms with Gasteiger partial charge in [0.15, 0.2) is 0 Å². The minimum absolute atomic E-state index is 0.0715. The smallest absolute Gasteiger partial charge is 0.124 e. The summed E-state index contributed by atoms with van der Waals surface area (Å²) in [5.74, 6) is 1.25. The molecule has 0 amide bonds. The number of hydrogen-bond donors (Lipinski definition) is 1. The third kappa shape index (κ3) is 3.41. The van der Waals surface area contributed by atoms with Crippen LogP contribution in [0, 0.1) is 6.92 Å². The van der Waals surface area contributed by atoms with Gasteiger partial charge >= 0.3 is 0 Å². The molecule has 1 aromatic carbocycles. The Morgan fingerprint density at radius 3 is 2.71 bits per heavy atom. The minimum Gasteiger partial charge on any atom is -0.496 e. The molecule has 0 aliphatic carbocycles. The summed E-state index contributed by atoms with van der Waals surface area (Å²) >= 11 is 1.47. The molecular formula is C16H23N3OS. The topological polar surface area (TPSA) is 47.0 Å². The summed E-state index contributed by atoms with van der Waals surface area (Å²) in [7, 11) is 1.71. The summed E-state index contributed by atoms with van der Waals surface area (Å²) in [6.45, 7) is 9.38. The molecule has 21 heavy (non-hydrogen) atoms. The molecule has 0 saturated carbocycles. The highest BCUT2D eigenvalue weighted by molar-refractivity contribution is 7.05. The summed E-state index contributed by atoms with van der Waals surface area (Å²) in [5.41, 5.74) is 3.43. The molecule has 1 unspecified atom stereocenters. The first-order valence-electron chi connectivity index (χ1n) is 7.28. The molecule has 4 nitrogen and oxygen atoms in total. The molecule has 1 N–H and O–H groups in total. The minimum atomic E-state index is 0.0715. The van der Waals surface area contributed by atoms with Gasteiger partial charge < -0.3 is 10.1 Å². The highest BCUT2D eigenvalue weighted by Gasteiger charge is 2.24. The SMILES string of the molecule is CCNC(c1cc(C)ccc1OC)c1snnc1C(C)C. The number of nitrogens with one attached hydrogen (secondary N) is 1. The van der Waals surface area contributed by atoms with Gasteiger partial charge in [-0.1, -0.05) is 43.0 Å². The van der Waals surface area contributed by atoms with Gasteiger partial charge in [-0.25, -0.2) is 0 Å². The van der Waals surface area contributed by atoms with E-state index in [4.69, 9.17) is 4.74 Å². The van der Waals surface area contributed by atoms with E-state index in [0.717, 1.165) is 23.6 Å². The summed E-state index contributed by atoms with van der Waals surface area (Å²) in [6.07, 6.45) is 0. The quantitative estimate of drug-likeness (QED) is 0.884. The number of hydrogen-bond acceptors (Lipinski definition) is 5. The van der Waals surface area contributed by atoms with Crippen LogP contribution in [0.5, 0.6) is 5.75 Å². The van der Waals surface area contributed by atoms with E-state index < -0.39 is 0 Å². The lowest BCUT2D eigenvalue weighted by Crippen LogP contribution is -2.23. The van der Waals surface area contributed by atoms with Crippen molar-refractivity contribution in [3.8, 4) is 5.75 Å². The van der Waals surface area contributed by atoms with Crippen molar-refractivity contribution in [2.24, 2.45) is 0 Å². The monoisotopic (exact) mass is 305 g/mol. The highest BCUT2D eigenvalue weighted by Crippen LogP contribution is 2.35. The Balaban J connectivity index is 2.53. The Hall–Kier alpha value is -1.46. The van der Waals surface area contributed by atoms with Crippen molar-refractivity contribution in [3.05, 3.63) is 39.9 Å². The van der Waals surface area contributed by atoms with Crippen LogP contribution in [-0.2, 0) is 0 Å². The Labute approximate surface area is 130 Å². The lowest BCUT2D eigenvalue weighted by molar-refractivity contribution is 0.404. The fourth-order valence-corrected chi connectivity index (χ4v) is 3.33. The molecule has 1 heterocycles. The van der Waals surface area contributed by atoms with Crippen molar-refractivity contribution in [1.29, 1.82) is 0 Å². The van der Waals surface area contributed by atoms with E-state index in [0.29, 0.717) is 5.92 Å². The number of rotatable bonds is 6. The van der Waals surface area contributed by atoms with Crippen molar-refractivity contribution in [2.45, 2.75) is 39.7 Å². The maximum Gasteiger partial charge on any atom is 0.124 e. The molecule has 1 atom stereocenters. The summed E-state index contributed by atoms with van der Waals surface area (Å²) in [6, 6.07) is 6.34. The summed E-state index contributed by atoms with van der Waals surface area (Å²) < 4.78 is 9.71. The largest absolute Gasteiger partial charge is 0.496 e. The maximum absolute atomic E-state index is 5.55. The Morgan fingerprint density at radius 2 is 2.10 bits per heavy atom. The molecule has 5 heteroatoms. The van der Waals surface area contributed by atoms with Crippen LogP contribution in [-0.4, -0.2) is 23.2 Å². The first-order valence-corrected chi connectivity index (χ1v) is 8.05. The van der Waals surface area contributed by atoms with Crippen LogP contribution in [0.4, 0.5) is 0 Å². The van der Waals surface area contributed by atoms with Gasteiger partial charge in [0.05, 0.1) is 23.7 Å². The van der Waals surface area contributed by atoms with Gasteiger partial charge in [-0.05, 0) is 37.0 Å². The number of nitrogens with zero attached hydrogens (tertiary/aromatic N) is 2. The molecule has 1 aromatic heterocycles. The number of aryl methyl sites for hydroxylation is 1. The number of aromatic nitrogens is 2. The Morgan fingerprint density at radius 1 is 1.33 bits per heavy atom. The van der Waals surface area contributed by atoms with Crippen molar-refractivity contribution >= 4 is 11.5 Å². The van der Waals surface area contributed by atoms with Crippen molar-refractivity contribution in [3.63, 3.8) is 0 Å². The number of benzene rings is 1. The van der Waals surface area contributed by atoms with Crippen LogP contribution >= 0.6 is 11.5 Å². The fourth-order valence-electron chi connectivity index (χ4n) is 2.43. The molecule has 0 bridgehead atoms. The second-order valence-corrected chi connectivity index (χ2v) is 6.20. The van der Waals surface area contributed by atoms with Crippen molar-refractivity contribution in [2.75, 3.05) is 13.7 Å². The molecule has 0 saturated heterocycles. The molecule has 2 aromatic rings. The van der Waals surface area contributed by atoms with Gasteiger partial charge in [0.25, 0.3) is 0 Å². The highest BCUT2D eigenvalue weighted by atomic mass is 32.1. The molecule has 114 valence electrons. The van der Waals surface area contributed by atoms with E-state index in [9.17, 15) is 0 Å². The molecule has 0 spiro atoms. The van der Waals surface area contributed by atoms with Gasteiger partial charge in [0.1, 0.15) is 5.75 Å². The van der Waals surface area contributed by atoms with Crippen LogP contribution < -0.4 is 10.1 Å². The van der Waals surface area contributed by atoms with Crippen LogP contribution in [0.1, 0.15) is 54.4 Å². The van der Waals surface area contributed by atoms with E-state index in [1.807, 2.05) is 6.07 Å². The van der Waals surface area contributed by atoms with Gasteiger partial charge in [-0.2, -0.15) is 0 Å². The van der Waals surface area contributed by atoms with Gasteiger partial charge in [-0.15, -0.1) is 5.10 Å².